The van der Waals surface area contributed by atoms with Gasteiger partial charge in [-0.25, -0.2) is 9.80 Å². The molecule has 1 fully saturated rings. The minimum Gasteiger partial charge on any atom is -0.450 e. The second-order valence-electron chi connectivity index (χ2n) is 3.57. The van der Waals surface area contributed by atoms with Crippen LogP contribution in [0.1, 0.15) is 6.92 Å². The van der Waals surface area contributed by atoms with Gasteiger partial charge in [-0.1, -0.05) is 0 Å². The first kappa shape index (κ1) is 14.9. The first-order valence-electron chi connectivity index (χ1n) is 5.84. The maximum absolute atomic E-state index is 11.5. The van der Waals surface area contributed by atoms with Crippen LogP contribution >= 0.6 is 0 Å². The second kappa shape index (κ2) is 8.07. The lowest BCUT2D eigenvalue weighted by atomic mass is 10.3. The van der Waals surface area contributed by atoms with Gasteiger partial charge in [0.2, 0.25) is 0 Å². The molecule has 0 aromatic rings. The van der Waals surface area contributed by atoms with Crippen LogP contribution in [0.4, 0.5) is 4.79 Å². The zero-order valence-electron chi connectivity index (χ0n) is 10.6. The SMILES string of the molecule is CCOC(=O)NC(=O)C(C#N)=CNN1CCOCC1. The van der Waals surface area contributed by atoms with Gasteiger partial charge in [0.1, 0.15) is 11.6 Å². The molecule has 0 spiro atoms. The molecular formula is C11H16N4O4. The smallest absolute Gasteiger partial charge is 0.414 e. The Morgan fingerprint density at radius 2 is 2.16 bits per heavy atom. The summed E-state index contributed by atoms with van der Waals surface area (Å²) >= 11 is 0. The standard InChI is InChI=1S/C11H16N4O4/c1-2-19-11(17)14-10(16)9(7-12)8-13-15-3-5-18-6-4-15/h8,13H,2-6H2,1H3,(H,14,16,17). The van der Waals surface area contributed by atoms with E-state index in [1.54, 1.807) is 18.0 Å². The fourth-order valence-corrected chi connectivity index (χ4v) is 1.32. The van der Waals surface area contributed by atoms with Crippen LogP contribution in [0, 0.1) is 11.3 Å². The van der Waals surface area contributed by atoms with Crippen molar-refractivity contribution in [3.05, 3.63) is 11.8 Å². The minimum absolute atomic E-state index is 0.150. The maximum Gasteiger partial charge on any atom is 0.414 e. The number of nitrogens with one attached hydrogen (secondary N) is 2. The summed E-state index contributed by atoms with van der Waals surface area (Å²) in [5.74, 6) is -0.804. The van der Waals surface area contributed by atoms with Gasteiger partial charge < -0.3 is 14.9 Å². The summed E-state index contributed by atoms with van der Waals surface area (Å²) in [4.78, 5) is 22.6. The molecule has 104 valence electrons. The number of ether oxygens (including phenoxy) is 2. The number of hydrogen-bond donors (Lipinski definition) is 2. The van der Waals surface area contributed by atoms with Crippen LogP contribution in [0.2, 0.25) is 0 Å². The first-order valence-corrected chi connectivity index (χ1v) is 5.84. The summed E-state index contributed by atoms with van der Waals surface area (Å²) in [6.07, 6.45) is 0.375. The van der Waals surface area contributed by atoms with Gasteiger partial charge in [0.15, 0.2) is 0 Å². The number of rotatable bonds is 4. The van der Waals surface area contributed by atoms with Gasteiger partial charge in [-0.2, -0.15) is 5.26 Å². The Morgan fingerprint density at radius 3 is 2.74 bits per heavy atom. The van der Waals surface area contributed by atoms with E-state index in [0.29, 0.717) is 26.3 Å². The summed E-state index contributed by atoms with van der Waals surface area (Å²) in [7, 11) is 0. The molecule has 1 heterocycles. The van der Waals surface area contributed by atoms with Crippen LogP contribution in [0.15, 0.2) is 11.8 Å². The Morgan fingerprint density at radius 1 is 1.47 bits per heavy atom. The molecule has 0 aliphatic carbocycles. The zero-order valence-corrected chi connectivity index (χ0v) is 10.6. The van der Waals surface area contributed by atoms with Crippen molar-refractivity contribution in [2.75, 3.05) is 32.9 Å². The number of amides is 2. The van der Waals surface area contributed by atoms with Gasteiger partial charge in [0.05, 0.1) is 19.8 Å². The van der Waals surface area contributed by atoms with Crippen molar-refractivity contribution < 1.29 is 19.1 Å². The Bertz CT molecular complexity index is 396. The predicted molar refractivity (Wildman–Crippen MR) is 64.4 cm³/mol. The van der Waals surface area contributed by atoms with E-state index in [4.69, 9.17) is 10.00 Å². The fraction of sp³-hybridized carbons (Fsp3) is 0.545. The average molecular weight is 268 g/mol. The minimum atomic E-state index is -0.875. The number of alkyl carbamates (subject to hydrolysis) is 1. The monoisotopic (exact) mass is 268 g/mol. The number of nitrogens with zero attached hydrogens (tertiary/aromatic N) is 2. The van der Waals surface area contributed by atoms with Gasteiger partial charge >= 0.3 is 6.09 Å². The number of hydrazine groups is 1. The van der Waals surface area contributed by atoms with E-state index in [2.05, 4.69) is 10.2 Å². The quantitative estimate of drug-likeness (QED) is 0.523. The highest BCUT2D eigenvalue weighted by atomic mass is 16.5. The third-order valence-corrected chi connectivity index (χ3v) is 2.26. The molecule has 0 radical (unpaired) electrons. The van der Waals surface area contributed by atoms with E-state index >= 15 is 0 Å². The van der Waals surface area contributed by atoms with Crippen molar-refractivity contribution in [2.45, 2.75) is 6.92 Å². The lowest BCUT2D eigenvalue weighted by molar-refractivity contribution is -0.116. The summed E-state index contributed by atoms with van der Waals surface area (Å²) in [6, 6.07) is 1.71. The van der Waals surface area contributed by atoms with Crippen LogP contribution < -0.4 is 10.7 Å². The maximum atomic E-state index is 11.5. The molecule has 1 aliphatic heterocycles. The third-order valence-electron chi connectivity index (χ3n) is 2.26. The number of morpholine rings is 1. The molecule has 8 nitrogen and oxygen atoms in total. The molecule has 1 aliphatic rings. The molecular weight excluding hydrogens is 252 g/mol. The summed E-state index contributed by atoms with van der Waals surface area (Å²) < 4.78 is 9.70. The van der Waals surface area contributed by atoms with Gasteiger partial charge in [-0.05, 0) is 6.92 Å². The van der Waals surface area contributed by atoms with Crippen molar-refractivity contribution in [3.63, 3.8) is 0 Å². The Balaban J connectivity index is 2.48. The first-order chi connectivity index (χ1) is 9.17. The van der Waals surface area contributed by atoms with Crippen molar-refractivity contribution in [3.8, 4) is 6.07 Å². The lowest BCUT2D eigenvalue weighted by Crippen LogP contribution is -2.43. The van der Waals surface area contributed by atoms with E-state index in [1.165, 1.54) is 6.20 Å². The van der Waals surface area contributed by atoms with E-state index in [1.807, 2.05) is 5.32 Å². The average Bonchev–Trinajstić information content (AvgIpc) is 2.40. The highest BCUT2D eigenvalue weighted by Gasteiger charge is 2.14. The molecule has 2 N–H and O–H groups in total. The number of imide groups is 1. The van der Waals surface area contributed by atoms with Crippen LogP contribution in [0.3, 0.4) is 0 Å². The predicted octanol–water partition coefficient (Wildman–Crippen LogP) is -0.497. The molecule has 0 aromatic heterocycles. The highest BCUT2D eigenvalue weighted by Crippen LogP contribution is 1.95. The van der Waals surface area contributed by atoms with Crippen LogP contribution in [0.25, 0.3) is 0 Å². The van der Waals surface area contributed by atoms with Crippen molar-refractivity contribution >= 4 is 12.0 Å². The van der Waals surface area contributed by atoms with E-state index in [9.17, 15) is 9.59 Å². The highest BCUT2D eigenvalue weighted by molar-refractivity contribution is 6.04. The Hall–Kier alpha value is -2.11. The zero-order chi connectivity index (χ0) is 14.1. The third kappa shape index (κ3) is 5.37. The van der Waals surface area contributed by atoms with Crippen LogP contribution in [-0.2, 0) is 14.3 Å². The molecule has 0 bridgehead atoms. The Kier molecular flexibility index (Phi) is 6.35. The molecule has 1 saturated heterocycles. The number of nitriles is 1. The summed E-state index contributed by atoms with van der Waals surface area (Å²) in [5.41, 5.74) is 2.61. The molecule has 2 amide bonds. The molecule has 0 saturated carbocycles. The summed E-state index contributed by atoms with van der Waals surface area (Å²) in [5, 5.41) is 12.6. The Labute approximate surface area is 110 Å². The molecule has 8 heteroatoms. The molecule has 0 atom stereocenters. The fourth-order valence-electron chi connectivity index (χ4n) is 1.32. The normalized spacial score (nSPS) is 16.3. The van der Waals surface area contributed by atoms with E-state index < -0.39 is 12.0 Å². The van der Waals surface area contributed by atoms with Crippen molar-refractivity contribution in [2.24, 2.45) is 0 Å². The molecule has 19 heavy (non-hydrogen) atoms. The van der Waals surface area contributed by atoms with E-state index in [0.717, 1.165) is 0 Å². The van der Waals surface area contributed by atoms with Gasteiger partial charge in [-0.3, -0.25) is 10.1 Å². The number of carbonyl (C=O) groups excluding carboxylic acids is 2. The van der Waals surface area contributed by atoms with E-state index in [-0.39, 0.29) is 12.2 Å². The van der Waals surface area contributed by atoms with Crippen molar-refractivity contribution in [1.82, 2.24) is 15.8 Å². The molecule has 0 unspecified atom stereocenters. The van der Waals surface area contributed by atoms with Crippen LogP contribution in [-0.4, -0.2) is 49.9 Å². The number of carbonyl (C=O) groups is 2. The van der Waals surface area contributed by atoms with Gasteiger partial charge in [0.25, 0.3) is 5.91 Å². The van der Waals surface area contributed by atoms with Gasteiger partial charge in [0, 0.05) is 19.3 Å². The second-order valence-corrected chi connectivity index (χ2v) is 3.57. The van der Waals surface area contributed by atoms with Gasteiger partial charge in [-0.15, -0.1) is 0 Å². The topological polar surface area (TPSA) is 104 Å². The van der Waals surface area contributed by atoms with Crippen molar-refractivity contribution in [1.29, 1.82) is 5.26 Å². The molecule has 1 rings (SSSR count). The lowest BCUT2D eigenvalue weighted by Gasteiger charge is -2.26. The van der Waals surface area contributed by atoms with Crippen LogP contribution in [0.5, 0.6) is 0 Å². The largest absolute Gasteiger partial charge is 0.450 e. The molecule has 0 aromatic carbocycles. The summed E-state index contributed by atoms with van der Waals surface area (Å²) in [6.45, 7) is 4.22. The number of hydrogen-bond acceptors (Lipinski definition) is 7.